The minimum absolute atomic E-state index is 0.764. The quantitative estimate of drug-likeness (QED) is 0.687. The van der Waals surface area contributed by atoms with Gasteiger partial charge in [0.15, 0.2) is 5.96 Å². The molecule has 1 aliphatic carbocycles. The molecule has 1 saturated heterocycles. The standard InChI is InChI=1S/C18H29N5/c1-19-18(23-12-15-7-4-5-8-16(15)13-23)21-11-14-9-6-10-20-17(14)22(2)3/h6,9-10,15-16H,4-5,7-8,11-13H2,1-3H3,(H,19,21). The van der Waals surface area contributed by atoms with Gasteiger partial charge in [0.05, 0.1) is 0 Å². The summed E-state index contributed by atoms with van der Waals surface area (Å²) in [6, 6.07) is 4.13. The topological polar surface area (TPSA) is 43.8 Å². The Balaban J connectivity index is 1.63. The fourth-order valence-corrected chi connectivity index (χ4v) is 4.06. The maximum atomic E-state index is 4.51. The van der Waals surface area contributed by atoms with Crippen LogP contribution in [0.5, 0.6) is 0 Å². The first kappa shape index (κ1) is 16.1. The second kappa shape index (κ2) is 7.20. The number of aromatic nitrogens is 1. The van der Waals surface area contributed by atoms with Crippen molar-refractivity contribution < 1.29 is 0 Å². The number of nitrogens with zero attached hydrogens (tertiary/aromatic N) is 4. The number of pyridine rings is 1. The highest BCUT2D eigenvalue weighted by atomic mass is 15.3. The normalized spacial score (nSPS) is 24.5. The summed E-state index contributed by atoms with van der Waals surface area (Å²) in [5.74, 6) is 3.80. The van der Waals surface area contributed by atoms with Crippen LogP contribution >= 0.6 is 0 Å². The number of guanidine groups is 1. The summed E-state index contributed by atoms with van der Waals surface area (Å²) in [5, 5.41) is 3.54. The van der Waals surface area contributed by atoms with Crippen molar-refractivity contribution in [2.75, 3.05) is 39.1 Å². The Morgan fingerprint density at radius 2 is 2.00 bits per heavy atom. The van der Waals surface area contributed by atoms with Crippen LogP contribution in [0.4, 0.5) is 5.82 Å². The van der Waals surface area contributed by atoms with Gasteiger partial charge in [-0.25, -0.2) is 4.98 Å². The SMILES string of the molecule is CN=C(NCc1cccnc1N(C)C)N1CC2CCCCC2C1. The maximum absolute atomic E-state index is 4.51. The Kier molecular flexibility index (Phi) is 5.03. The smallest absolute Gasteiger partial charge is 0.193 e. The van der Waals surface area contributed by atoms with Crippen LogP contribution in [-0.2, 0) is 6.54 Å². The molecule has 2 fully saturated rings. The van der Waals surface area contributed by atoms with Crippen molar-refractivity contribution in [1.82, 2.24) is 15.2 Å². The number of fused-ring (bicyclic) bond motifs is 1. The Morgan fingerprint density at radius 1 is 1.30 bits per heavy atom. The summed E-state index contributed by atoms with van der Waals surface area (Å²) in [5.41, 5.74) is 1.20. The van der Waals surface area contributed by atoms with Gasteiger partial charge < -0.3 is 15.1 Å². The molecule has 1 aromatic rings. The highest BCUT2D eigenvalue weighted by Crippen LogP contribution is 2.35. The van der Waals surface area contributed by atoms with E-state index >= 15 is 0 Å². The van der Waals surface area contributed by atoms with Crippen LogP contribution in [0.25, 0.3) is 0 Å². The van der Waals surface area contributed by atoms with E-state index in [1.165, 1.54) is 31.2 Å². The molecule has 126 valence electrons. The van der Waals surface area contributed by atoms with Gasteiger partial charge in [0.1, 0.15) is 5.82 Å². The second-order valence-electron chi connectivity index (χ2n) is 6.99. The first-order valence-corrected chi connectivity index (χ1v) is 8.76. The number of hydrogen-bond acceptors (Lipinski definition) is 3. The summed E-state index contributed by atoms with van der Waals surface area (Å²) < 4.78 is 0. The summed E-state index contributed by atoms with van der Waals surface area (Å²) in [4.78, 5) is 13.5. The Morgan fingerprint density at radius 3 is 2.61 bits per heavy atom. The minimum Gasteiger partial charge on any atom is -0.362 e. The average molecular weight is 315 g/mol. The molecule has 23 heavy (non-hydrogen) atoms. The largest absolute Gasteiger partial charge is 0.362 e. The second-order valence-corrected chi connectivity index (χ2v) is 6.99. The molecule has 0 radical (unpaired) electrons. The molecule has 3 rings (SSSR count). The zero-order valence-electron chi connectivity index (χ0n) is 14.6. The van der Waals surface area contributed by atoms with Gasteiger partial charge in [-0.3, -0.25) is 4.99 Å². The van der Waals surface area contributed by atoms with Gasteiger partial charge in [0.2, 0.25) is 0 Å². The predicted molar refractivity (Wildman–Crippen MR) is 95.8 cm³/mol. The van der Waals surface area contributed by atoms with Crippen LogP contribution in [0.1, 0.15) is 31.2 Å². The van der Waals surface area contributed by atoms with Crippen molar-refractivity contribution in [3.05, 3.63) is 23.9 Å². The van der Waals surface area contributed by atoms with Crippen LogP contribution in [0.2, 0.25) is 0 Å². The van der Waals surface area contributed by atoms with Gasteiger partial charge in [-0.15, -0.1) is 0 Å². The van der Waals surface area contributed by atoms with E-state index in [1.807, 2.05) is 33.4 Å². The lowest BCUT2D eigenvalue weighted by Crippen LogP contribution is -2.40. The fourth-order valence-electron chi connectivity index (χ4n) is 4.06. The molecular weight excluding hydrogens is 286 g/mol. The summed E-state index contributed by atoms with van der Waals surface area (Å²) in [6.07, 6.45) is 7.45. The van der Waals surface area contributed by atoms with E-state index in [9.17, 15) is 0 Å². The van der Waals surface area contributed by atoms with Crippen LogP contribution in [-0.4, -0.2) is 50.1 Å². The first-order chi connectivity index (χ1) is 11.2. The van der Waals surface area contributed by atoms with Crippen molar-refractivity contribution >= 4 is 11.8 Å². The molecule has 2 atom stereocenters. The molecule has 2 aliphatic rings. The third-order valence-corrected chi connectivity index (χ3v) is 5.22. The van der Waals surface area contributed by atoms with E-state index in [2.05, 4.69) is 31.2 Å². The van der Waals surface area contributed by atoms with Crippen LogP contribution < -0.4 is 10.2 Å². The molecule has 0 bridgehead atoms. The summed E-state index contributed by atoms with van der Waals surface area (Å²) >= 11 is 0. The predicted octanol–water partition coefficient (Wildman–Crippen LogP) is 2.34. The molecule has 0 spiro atoms. The van der Waals surface area contributed by atoms with Crippen molar-refractivity contribution in [1.29, 1.82) is 0 Å². The highest BCUT2D eigenvalue weighted by molar-refractivity contribution is 5.80. The maximum Gasteiger partial charge on any atom is 0.193 e. The van der Waals surface area contributed by atoms with E-state index < -0.39 is 0 Å². The zero-order valence-corrected chi connectivity index (χ0v) is 14.6. The van der Waals surface area contributed by atoms with E-state index in [-0.39, 0.29) is 0 Å². The molecule has 1 saturated carbocycles. The lowest BCUT2D eigenvalue weighted by molar-refractivity contribution is 0.299. The number of anilines is 1. The molecule has 1 N–H and O–H groups in total. The minimum atomic E-state index is 0.764. The lowest BCUT2D eigenvalue weighted by Gasteiger charge is -2.23. The Bertz CT molecular complexity index is 540. The monoisotopic (exact) mass is 315 g/mol. The zero-order chi connectivity index (χ0) is 16.2. The molecule has 0 amide bonds. The molecule has 0 aromatic carbocycles. The van der Waals surface area contributed by atoms with Gasteiger partial charge in [-0.05, 0) is 30.7 Å². The third-order valence-electron chi connectivity index (χ3n) is 5.22. The van der Waals surface area contributed by atoms with Gasteiger partial charge in [-0.1, -0.05) is 18.9 Å². The van der Waals surface area contributed by atoms with E-state index in [4.69, 9.17) is 0 Å². The molecule has 2 unspecified atom stereocenters. The van der Waals surface area contributed by atoms with Gasteiger partial charge in [0.25, 0.3) is 0 Å². The number of nitrogens with one attached hydrogen (secondary N) is 1. The fraction of sp³-hybridized carbons (Fsp3) is 0.667. The average Bonchev–Trinajstić information content (AvgIpc) is 2.99. The molecule has 5 heteroatoms. The summed E-state index contributed by atoms with van der Waals surface area (Å²) in [7, 11) is 5.96. The van der Waals surface area contributed by atoms with Crippen LogP contribution in [0.3, 0.4) is 0 Å². The molecule has 1 aromatic heterocycles. The van der Waals surface area contributed by atoms with Gasteiger partial charge in [-0.2, -0.15) is 0 Å². The van der Waals surface area contributed by atoms with Crippen LogP contribution in [0.15, 0.2) is 23.3 Å². The van der Waals surface area contributed by atoms with Crippen molar-refractivity contribution in [2.24, 2.45) is 16.8 Å². The Labute approximate surface area is 139 Å². The number of hydrogen-bond donors (Lipinski definition) is 1. The van der Waals surface area contributed by atoms with Gasteiger partial charge in [0, 0.05) is 52.5 Å². The van der Waals surface area contributed by atoms with E-state index in [0.29, 0.717) is 0 Å². The number of likely N-dealkylation sites (tertiary alicyclic amines) is 1. The molecule has 5 nitrogen and oxygen atoms in total. The van der Waals surface area contributed by atoms with E-state index in [0.717, 1.165) is 43.2 Å². The number of rotatable bonds is 3. The lowest BCUT2D eigenvalue weighted by atomic mass is 9.82. The van der Waals surface area contributed by atoms with Crippen molar-refractivity contribution in [2.45, 2.75) is 32.2 Å². The summed E-state index contributed by atoms with van der Waals surface area (Å²) in [6.45, 7) is 3.09. The van der Waals surface area contributed by atoms with Crippen molar-refractivity contribution in [3.8, 4) is 0 Å². The molecule has 2 heterocycles. The Hall–Kier alpha value is -1.78. The third kappa shape index (κ3) is 3.59. The van der Waals surface area contributed by atoms with Gasteiger partial charge >= 0.3 is 0 Å². The van der Waals surface area contributed by atoms with Crippen LogP contribution in [0, 0.1) is 11.8 Å². The molecular formula is C18H29N5. The van der Waals surface area contributed by atoms with Crippen molar-refractivity contribution in [3.63, 3.8) is 0 Å². The number of aliphatic imine (C=N–C) groups is 1. The highest BCUT2D eigenvalue weighted by Gasteiger charge is 2.35. The molecule has 1 aliphatic heterocycles. The first-order valence-electron chi connectivity index (χ1n) is 8.76. The van der Waals surface area contributed by atoms with E-state index in [1.54, 1.807) is 0 Å².